The number of allylic oxidation sites excluding steroid dienone is 3. The molecule has 0 fully saturated rings. The Balaban J connectivity index is 3.28. The average molecular weight is 438 g/mol. The van der Waals surface area contributed by atoms with Gasteiger partial charge in [-0.1, -0.05) is 96.9 Å². The van der Waals surface area contributed by atoms with Crippen molar-refractivity contribution in [3.63, 3.8) is 0 Å². The minimum Gasteiger partial charge on any atom is -0.305 e. The van der Waals surface area contributed by atoms with E-state index < -0.39 is 0 Å². The summed E-state index contributed by atoms with van der Waals surface area (Å²) >= 11 is 0. The molecule has 2 heteroatoms. The topological polar surface area (TPSA) is 3.24 Å². The summed E-state index contributed by atoms with van der Waals surface area (Å²) in [7, 11) is 4.61. The van der Waals surface area contributed by atoms with E-state index in [4.69, 9.17) is 0 Å². The van der Waals surface area contributed by atoms with Crippen molar-refractivity contribution in [2.45, 2.75) is 122 Å². The Kier molecular flexibility index (Phi) is 23.4. The zero-order valence-electron chi connectivity index (χ0n) is 21.4. The smallest absolute Gasteiger partial charge is 0.0175 e. The lowest BCUT2D eigenvalue weighted by Gasteiger charge is -2.17. The quantitative estimate of drug-likeness (QED) is 0.0873. The third kappa shape index (κ3) is 24.1. The van der Waals surface area contributed by atoms with Gasteiger partial charge in [-0.3, -0.25) is 0 Å². The molecule has 0 saturated heterocycles. The minimum atomic E-state index is 0.222. The van der Waals surface area contributed by atoms with E-state index in [1.54, 1.807) is 0 Å². The van der Waals surface area contributed by atoms with Crippen molar-refractivity contribution in [2.24, 2.45) is 0 Å². The predicted octanol–water partition coefficient (Wildman–Crippen LogP) is 9.77. The van der Waals surface area contributed by atoms with Crippen LogP contribution in [0.3, 0.4) is 0 Å². The fourth-order valence-electron chi connectivity index (χ4n) is 4.06. The van der Waals surface area contributed by atoms with Crippen LogP contribution in [0.1, 0.15) is 122 Å². The Morgan fingerprint density at radius 3 is 1.70 bits per heavy atom. The maximum absolute atomic E-state index is 4.32. The van der Waals surface area contributed by atoms with Crippen LogP contribution in [0.25, 0.3) is 0 Å². The van der Waals surface area contributed by atoms with Crippen LogP contribution in [0.4, 0.5) is 0 Å². The summed E-state index contributed by atoms with van der Waals surface area (Å²) in [5.74, 6) is 0. The summed E-state index contributed by atoms with van der Waals surface area (Å²) in [4.78, 5) is 2.33. The van der Waals surface area contributed by atoms with Crippen molar-refractivity contribution in [2.75, 3.05) is 33.2 Å². The van der Waals surface area contributed by atoms with Gasteiger partial charge in [-0.25, -0.2) is 0 Å². The lowest BCUT2D eigenvalue weighted by molar-refractivity contribution is 0.481. The van der Waals surface area contributed by atoms with Crippen LogP contribution in [-0.2, 0) is 0 Å². The van der Waals surface area contributed by atoms with E-state index in [2.05, 4.69) is 51.3 Å². The van der Waals surface area contributed by atoms with Gasteiger partial charge in [0.2, 0.25) is 0 Å². The van der Waals surface area contributed by atoms with Crippen LogP contribution in [-0.4, -0.2) is 38.1 Å². The van der Waals surface area contributed by atoms with Crippen LogP contribution >= 0.6 is 7.92 Å². The average Bonchev–Trinajstić information content (AvgIpc) is 2.70. The van der Waals surface area contributed by atoms with Gasteiger partial charge < -0.3 is 4.90 Å². The number of unbranched alkanes of at least 4 members (excludes halogenated alkanes) is 13. The van der Waals surface area contributed by atoms with Crippen molar-refractivity contribution in [1.82, 2.24) is 4.90 Å². The van der Waals surface area contributed by atoms with Gasteiger partial charge in [-0.2, -0.15) is 0 Å². The monoisotopic (exact) mass is 437 g/mol. The van der Waals surface area contributed by atoms with Gasteiger partial charge in [0.05, 0.1) is 0 Å². The molecule has 0 N–H and O–H groups in total. The Morgan fingerprint density at radius 2 is 1.17 bits per heavy atom. The van der Waals surface area contributed by atoms with E-state index >= 15 is 0 Å². The third-order valence-corrected chi connectivity index (χ3v) is 8.01. The molecule has 0 spiro atoms. The maximum atomic E-state index is 4.32. The molecule has 0 heterocycles. The molecule has 0 aromatic rings. The van der Waals surface area contributed by atoms with E-state index in [-0.39, 0.29) is 7.92 Å². The van der Waals surface area contributed by atoms with E-state index in [0.29, 0.717) is 0 Å². The Labute approximate surface area is 192 Å². The fraction of sp³-hybridized carbons (Fsp3) is 0.857. The molecule has 0 saturated carbocycles. The molecule has 0 amide bonds. The van der Waals surface area contributed by atoms with Crippen LogP contribution in [0.5, 0.6) is 0 Å². The van der Waals surface area contributed by atoms with Gasteiger partial charge in [0.15, 0.2) is 0 Å². The van der Waals surface area contributed by atoms with Crippen molar-refractivity contribution < 1.29 is 0 Å². The lowest BCUT2D eigenvalue weighted by atomic mass is 10.0. The summed E-state index contributed by atoms with van der Waals surface area (Å²) in [6.07, 6.45) is 32.2. The molecule has 1 atom stereocenters. The van der Waals surface area contributed by atoms with Crippen molar-refractivity contribution >= 4 is 7.92 Å². The van der Waals surface area contributed by atoms with E-state index in [1.807, 2.05) is 0 Å². The Bertz CT molecular complexity index is 388. The highest BCUT2D eigenvalue weighted by molar-refractivity contribution is 7.56. The van der Waals surface area contributed by atoms with E-state index in [0.717, 1.165) is 0 Å². The molecule has 0 aliphatic heterocycles. The van der Waals surface area contributed by atoms with Crippen molar-refractivity contribution in [1.29, 1.82) is 0 Å². The molecule has 30 heavy (non-hydrogen) atoms. The number of hydrogen-bond donors (Lipinski definition) is 0. The van der Waals surface area contributed by atoms with E-state index in [1.165, 1.54) is 134 Å². The minimum absolute atomic E-state index is 0.222. The summed E-state index contributed by atoms with van der Waals surface area (Å²) < 4.78 is 0. The van der Waals surface area contributed by atoms with Gasteiger partial charge in [0, 0.05) is 6.29 Å². The second-order valence-corrected chi connectivity index (χ2v) is 12.1. The normalized spacial score (nSPS) is 12.8. The summed E-state index contributed by atoms with van der Waals surface area (Å²) in [5.41, 5.74) is 1.50. The highest BCUT2D eigenvalue weighted by Crippen LogP contribution is 2.32. The number of nitrogens with zero attached hydrogens (tertiary/aromatic N) is 1. The van der Waals surface area contributed by atoms with Crippen LogP contribution in [0.15, 0.2) is 24.3 Å². The molecule has 0 aromatic heterocycles. The second-order valence-electron chi connectivity index (χ2n) is 9.70. The molecule has 0 bridgehead atoms. The molecule has 178 valence electrons. The van der Waals surface area contributed by atoms with Crippen molar-refractivity contribution in [3.8, 4) is 0 Å². The predicted molar refractivity (Wildman–Crippen MR) is 143 cm³/mol. The molecule has 0 radical (unpaired) electrons. The molecule has 0 rings (SSSR count). The first-order valence-electron chi connectivity index (χ1n) is 13.2. The largest absolute Gasteiger partial charge is 0.305 e. The molecule has 0 aromatic carbocycles. The van der Waals surface area contributed by atoms with Crippen molar-refractivity contribution in [3.05, 3.63) is 24.3 Å². The first-order valence-corrected chi connectivity index (χ1v) is 15.4. The number of rotatable bonds is 23. The zero-order chi connectivity index (χ0) is 22.3. The molecule has 1 unspecified atom stereocenters. The van der Waals surface area contributed by atoms with Crippen LogP contribution < -0.4 is 0 Å². The first kappa shape index (κ1) is 29.9. The summed E-state index contributed by atoms with van der Waals surface area (Å²) in [6.45, 7) is 9.05. The molecular formula is C28H56NP. The maximum Gasteiger partial charge on any atom is 0.0175 e. The number of hydrogen-bond acceptors (Lipinski definition) is 1. The van der Waals surface area contributed by atoms with Crippen LogP contribution in [0, 0.1) is 0 Å². The highest BCUT2D eigenvalue weighted by Gasteiger charge is 2.02. The second kappa shape index (κ2) is 23.5. The van der Waals surface area contributed by atoms with Gasteiger partial charge in [-0.05, 0) is 84.7 Å². The molecule has 0 aliphatic carbocycles. The van der Waals surface area contributed by atoms with E-state index in [9.17, 15) is 0 Å². The molecule has 0 aliphatic rings. The van der Waals surface area contributed by atoms with Gasteiger partial charge in [-0.15, -0.1) is 0 Å². The standard InChI is InChI=1S/C28H56NP/c1-6-7-8-9-10-11-12-13-14-15-16-17-18-19-21-24-28(2)25-22-20-23-26-30(5)27-29(3)4/h13-14H,2,6-12,15-27H2,1,3-5H3/b14-13-. The third-order valence-electron chi connectivity index (χ3n) is 5.89. The summed E-state index contributed by atoms with van der Waals surface area (Å²) in [5, 5.41) is 0. The van der Waals surface area contributed by atoms with Crippen LogP contribution in [0.2, 0.25) is 0 Å². The highest BCUT2D eigenvalue weighted by atomic mass is 31.1. The SMILES string of the molecule is C=C(CCCCCCC/C=C\CCCCCCCC)CCCCCP(C)CN(C)C. The van der Waals surface area contributed by atoms with Gasteiger partial charge >= 0.3 is 0 Å². The summed E-state index contributed by atoms with van der Waals surface area (Å²) in [6, 6.07) is 0. The molecule has 1 nitrogen and oxygen atoms in total. The Hall–Kier alpha value is -0.130. The first-order chi connectivity index (χ1) is 14.6. The molecular weight excluding hydrogens is 381 g/mol. The Morgan fingerprint density at radius 1 is 0.700 bits per heavy atom. The lowest BCUT2D eigenvalue weighted by Crippen LogP contribution is -2.12. The van der Waals surface area contributed by atoms with Gasteiger partial charge in [0.25, 0.3) is 0 Å². The zero-order valence-corrected chi connectivity index (χ0v) is 22.3. The fourth-order valence-corrected chi connectivity index (χ4v) is 5.93. The van der Waals surface area contributed by atoms with Gasteiger partial charge in [0.1, 0.15) is 0 Å².